The van der Waals surface area contributed by atoms with Crippen molar-refractivity contribution in [2.24, 2.45) is 0 Å². The molecular formula is C46H48Cl2SiTi. The third-order valence-electron chi connectivity index (χ3n) is 11.5. The first-order valence-corrected chi connectivity index (χ1v) is 24.7. The van der Waals surface area contributed by atoms with E-state index in [0.29, 0.717) is 0 Å². The summed E-state index contributed by atoms with van der Waals surface area (Å²) in [5.74, 6) is 0. The van der Waals surface area contributed by atoms with Crippen LogP contribution < -0.4 is 15.5 Å². The molecule has 2 aliphatic carbocycles. The standard InChI is InChI=1S/2C17H17.2C6H5.2ClH.H2Si.Ti/c2*1-17(2,3)14-8-9-16-13(11-14)10-12-6-4-5-7-15(12)16;2*1-2-4-6-5-3-1;;;;/h2*4-9H,10H2,1-3H3;2*1-5H;2*1H;1H2;. The third-order valence-corrected chi connectivity index (χ3v) is 28.0. The Labute approximate surface area is 314 Å². The van der Waals surface area contributed by atoms with E-state index < -0.39 is 14.0 Å². The summed E-state index contributed by atoms with van der Waals surface area (Å²) in [7, 11) is 2.44. The minimum Gasteiger partial charge on any atom is -0.147 e. The van der Waals surface area contributed by atoms with Gasteiger partial charge in [0.05, 0.1) is 0 Å². The van der Waals surface area contributed by atoms with Crippen LogP contribution in [0.15, 0.2) is 133 Å². The van der Waals surface area contributed by atoms with Gasteiger partial charge >= 0.3 is 291 Å². The molecule has 0 aromatic heterocycles. The van der Waals surface area contributed by atoms with Crippen molar-refractivity contribution in [1.82, 2.24) is 0 Å². The van der Waals surface area contributed by atoms with Crippen LogP contribution in [0, 0.1) is 0 Å². The zero-order valence-electron chi connectivity index (χ0n) is 30.1. The molecule has 0 nitrogen and oxygen atoms in total. The Balaban J connectivity index is 0.00000216. The predicted molar refractivity (Wildman–Crippen MR) is 221 cm³/mol. The van der Waals surface area contributed by atoms with Crippen LogP contribution >= 0.6 is 24.8 Å². The van der Waals surface area contributed by atoms with Gasteiger partial charge in [0.2, 0.25) is 0 Å². The molecule has 6 aromatic carbocycles. The number of halogens is 2. The van der Waals surface area contributed by atoms with E-state index in [1.54, 1.807) is 18.9 Å². The molecule has 0 radical (unpaired) electrons. The maximum atomic E-state index is 2.52. The van der Waals surface area contributed by atoms with Crippen molar-refractivity contribution in [2.75, 3.05) is 0 Å². The van der Waals surface area contributed by atoms with Gasteiger partial charge in [0, 0.05) is 0 Å². The molecule has 0 amide bonds. The van der Waals surface area contributed by atoms with E-state index >= 15 is 0 Å². The number of hydrogen-bond donors (Lipinski definition) is 0. The predicted octanol–water partition coefficient (Wildman–Crippen LogP) is 9.11. The van der Waals surface area contributed by atoms with Crippen molar-refractivity contribution in [3.63, 3.8) is 0 Å². The first-order valence-electron chi connectivity index (χ1n) is 17.6. The number of rotatable bonds is 4. The fourth-order valence-corrected chi connectivity index (χ4v) is 26.4. The monoisotopic (exact) mass is 746 g/mol. The molecule has 50 heavy (non-hydrogen) atoms. The Bertz CT molecular complexity index is 2140. The van der Waals surface area contributed by atoms with Gasteiger partial charge < -0.3 is 0 Å². The molecule has 0 atom stereocenters. The maximum absolute atomic E-state index is 4.67. The van der Waals surface area contributed by atoms with Crippen molar-refractivity contribution >= 4 is 47.9 Å². The van der Waals surface area contributed by atoms with Crippen LogP contribution in [0.5, 0.6) is 0 Å². The largest absolute Gasteiger partial charge is 0.147 e. The Morgan fingerprint density at radius 1 is 0.420 bits per heavy atom. The summed E-state index contributed by atoms with van der Waals surface area (Å²) < 4.78 is 6.34. The second kappa shape index (κ2) is 12.8. The van der Waals surface area contributed by atoms with Crippen molar-refractivity contribution in [3.05, 3.63) is 167 Å². The quantitative estimate of drug-likeness (QED) is 0.158. The molecule has 6 aromatic rings. The van der Waals surface area contributed by atoms with Crippen LogP contribution in [-0.2, 0) is 37.7 Å². The van der Waals surface area contributed by atoms with Gasteiger partial charge in [-0.15, -0.1) is 24.8 Å². The Hall–Kier alpha value is -3.17. The summed E-state index contributed by atoms with van der Waals surface area (Å²) >= 11 is -4.67. The summed E-state index contributed by atoms with van der Waals surface area (Å²) in [5, 5.41) is 0. The average Bonchev–Trinajstić information content (AvgIpc) is 3.65. The molecule has 0 saturated carbocycles. The molecular weight excluding hydrogens is 699 g/mol. The van der Waals surface area contributed by atoms with E-state index in [4.69, 9.17) is 0 Å². The number of benzene rings is 6. The molecule has 0 saturated heterocycles. The molecule has 8 rings (SSSR count). The van der Waals surface area contributed by atoms with Crippen LogP contribution in [-0.4, -0.2) is 7.63 Å². The van der Waals surface area contributed by atoms with E-state index in [1.165, 1.54) is 52.2 Å². The van der Waals surface area contributed by atoms with Gasteiger partial charge in [0.25, 0.3) is 0 Å². The van der Waals surface area contributed by atoms with Gasteiger partial charge in [-0.3, -0.25) is 0 Å². The van der Waals surface area contributed by atoms with E-state index in [0.717, 1.165) is 12.8 Å². The minimum absolute atomic E-state index is 0. The smallest absolute Gasteiger partial charge is 0.147 e. The molecule has 0 aliphatic heterocycles. The van der Waals surface area contributed by atoms with Crippen molar-refractivity contribution in [2.45, 2.75) is 65.2 Å². The van der Waals surface area contributed by atoms with Crippen molar-refractivity contribution in [3.8, 4) is 22.3 Å². The van der Waals surface area contributed by atoms with Crippen molar-refractivity contribution < 1.29 is 14.0 Å². The van der Waals surface area contributed by atoms with Gasteiger partial charge in [-0.05, 0) is 0 Å². The van der Waals surface area contributed by atoms with E-state index in [2.05, 4.69) is 183 Å². The van der Waals surface area contributed by atoms with Crippen LogP contribution in [0.2, 0.25) is 0 Å². The second-order valence-electron chi connectivity index (χ2n) is 16.4. The molecule has 0 heterocycles. The van der Waals surface area contributed by atoms with E-state index in [1.807, 2.05) is 0 Å². The van der Waals surface area contributed by atoms with Crippen LogP contribution in [0.3, 0.4) is 0 Å². The third kappa shape index (κ3) is 5.19. The van der Waals surface area contributed by atoms with Gasteiger partial charge in [0.1, 0.15) is 0 Å². The van der Waals surface area contributed by atoms with Crippen LogP contribution in [0.25, 0.3) is 22.3 Å². The summed E-state index contributed by atoms with van der Waals surface area (Å²) in [6.45, 7) is 14.6. The molecule has 2 aliphatic rings. The van der Waals surface area contributed by atoms with Crippen LogP contribution in [0.4, 0.5) is 0 Å². The van der Waals surface area contributed by atoms with Gasteiger partial charge in [-0.25, -0.2) is 0 Å². The van der Waals surface area contributed by atoms with Gasteiger partial charge in [0.15, 0.2) is 0 Å². The summed E-state index contributed by atoms with van der Waals surface area (Å²) in [6, 6.07) is 51.9. The van der Waals surface area contributed by atoms with E-state index in [-0.39, 0.29) is 35.6 Å². The SMILES string of the molecule is CC(C)(C)c1ccc2c([c]1[Ti](=[SiH2])([c]1ccccc1)([c]1ccccc1)[c]1c(C(C)(C)C)ccc3c1Cc1ccccc1-3)Cc1ccccc1-2.Cl.Cl. The first-order chi connectivity index (χ1) is 22.9. The fraction of sp³-hybridized carbons (Fsp3) is 0.217. The Morgan fingerprint density at radius 3 is 1.12 bits per heavy atom. The molecule has 0 N–H and O–H groups in total. The molecule has 0 unspecified atom stereocenters. The zero-order chi connectivity index (χ0) is 33.5. The van der Waals surface area contributed by atoms with Gasteiger partial charge in [-0.2, -0.15) is 0 Å². The molecule has 0 spiro atoms. The topological polar surface area (TPSA) is 0 Å². The minimum atomic E-state index is -4.67. The summed E-state index contributed by atoms with van der Waals surface area (Å²) in [5.41, 5.74) is 14.6. The average molecular weight is 748 g/mol. The number of hydrogen-bond acceptors (Lipinski definition) is 0. The second-order valence-corrected chi connectivity index (χ2v) is 30.1. The Kier molecular flexibility index (Phi) is 9.37. The normalized spacial score (nSPS) is 13.3. The molecule has 4 heteroatoms. The van der Waals surface area contributed by atoms with Gasteiger partial charge in [-0.1, -0.05) is 0 Å². The molecule has 0 bridgehead atoms. The number of fused-ring (bicyclic) bond motifs is 6. The fourth-order valence-electron chi connectivity index (χ4n) is 9.41. The molecule has 0 fully saturated rings. The molecule has 254 valence electrons. The summed E-state index contributed by atoms with van der Waals surface area (Å²) in [6.07, 6.45) is 1.95. The first kappa shape index (κ1) is 36.6. The Morgan fingerprint density at radius 2 is 0.760 bits per heavy atom. The summed E-state index contributed by atoms with van der Waals surface area (Å²) in [4.78, 5) is 0. The zero-order valence-corrected chi connectivity index (χ0v) is 34.7. The van der Waals surface area contributed by atoms with Crippen molar-refractivity contribution in [1.29, 1.82) is 0 Å². The van der Waals surface area contributed by atoms with E-state index in [9.17, 15) is 0 Å². The van der Waals surface area contributed by atoms with Crippen LogP contribution in [0.1, 0.15) is 74.9 Å². The maximum Gasteiger partial charge on any atom is -0.147 e.